The highest BCUT2D eigenvalue weighted by molar-refractivity contribution is 5.23. The van der Waals surface area contributed by atoms with E-state index in [1.165, 1.54) is 0 Å². The van der Waals surface area contributed by atoms with Gasteiger partial charge in [-0.15, -0.1) is 0 Å². The first-order valence-electron chi connectivity index (χ1n) is 5.73. The Morgan fingerprint density at radius 2 is 2.12 bits per heavy atom. The first kappa shape index (κ1) is 12.1. The summed E-state index contributed by atoms with van der Waals surface area (Å²) in [4.78, 5) is 0. The molecule has 4 nitrogen and oxygen atoms in total. The largest absolute Gasteiger partial charge is 0.496 e. The van der Waals surface area contributed by atoms with Crippen molar-refractivity contribution in [2.75, 3.05) is 13.7 Å². The maximum Gasteiger partial charge on any atom is 0.113 e. The number of methoxy groups -OCH3 is 1. The fraction of sp³-hybridized carbons (Fsp3) is 0.385. The van der Waals surface area contributed by atoms with Gasteiger partial charge in [0.05, 0.1) is 6.61 Å². The van der Waals surface area contributed by atoms with Crippen molar-refractivity contribution < 1.29 is 9.47 Å². The highest BCUT2D eigenvalue weighted by Crippen LogP contribution is 2.27. The van der Waals surface area contributed by atoms with E-state index in [9.17, 15) is 0 Å². The van der Waals surface area contributed by atoms with Gasteiger partial charge in [0, 0.05) is 13.5 Å². The molecule has 4 heteroatoms. The van der Waals surface area contributed by atoms with Crippen LogP contribution in [-0.2, 0) is 9.47 Å². The molecule has 0 aromatic heterocycles. The fourth-order valence-electron chi connectivity index (χ4n) is 2.08. The van der Waals surface area contributed by atoms with Crippen molar-refractivity contribution in [1.82, 2.24) is 5.43 Å². The molecule has 0 bridgehead atoms. The summed E-state index contributed by atoms with van der Waals surface area (Å²) in [7, 11) is 1.68. The van der Waals surface area contributed by atoms with E-state index in [0.717, 1.165) is 24.4 Å². The quantitative estimate of drug-likeness (QED) is 0.599. The van der Waals surface area contributed by atoms with E-state index in [2.05, 4.69) is 11.5 Å². The van der Waals surface area contributed by atoms with Gasteiger partial charge >= 0.3 is 0 Å². The van der Waals surface area contributed by atoms with Gasteiger partial charge in [-0.1, -0.05) is 30.3 Å². The minimum atomic E-state index is -0.148. The molecule has 92 valence electrons. The molecular weight excluding hydrogens is 216 g/mol. The van der Waals surface area contributed by atoms with E-state index in [0.29, 0.717) is 0 Å². The molecule has 0 radical (unpaired) electrons. The van der Waals surface area contributed by atoms with Gasteiger partial charge in [-0.25, -0.2) is 5.43 Å². The van der Waals surface area contributed by atoms with Gasteiger partial charge in [-0.3, -0.25) is 5.84 Å². The summed E-state index contributed by atoms with van der Waals surface area (Å²) >= 11 is 0. The molecule has 0 aliphatic carbocycles. The Morgan fingerprint density at radius 1 is 1.35 bits per heavy atom. The normalized spacial score (nSPS) is 18.4. The summed E-state index contributed by atoms with van der Waals surface area (Å²) in [5, 5.41) is 0. The van der Waals surface area contributed by atoms with Crippen LogP contribution in [0, 0.1) is 0 Å². The number of hydrogen-bond donors (Lipinski definition) is 2. The highest BCUT2D eigenvalue weighted by Gasteiger charge is 2.28. The zero-order valence-electron chi connectivity index (χ0n) is 9.93. The zero-order chi connectivity index (χ0) is 12.1. The second-order valence-electron chi connectivity index (χ2n) is 3.95. The number of nitrogens with one attached hydrogen (secondary N) is 1. The van der Waals surface area contributed by atoms with Crippen LogP contribution in [0.25, 0.3) is 0 Å². The lowest BCUT2D eigenvalue weighted by Crippen LogP contribution is -2.42. The summed E-state index contributed by atoms with van der Waals surface area (Å²) in [6.07, 6.45) is 2.84. The highest BCUT2D eigenvalue weighted by atomic mass is 16.5. The van der Waals surface area contributed by atoms with E-state index >= 15 is 0 Å². The second-order valence-corrected chi connectivity index (χ2v) is 3.95. The van der Waals surface area contributed by atoms with Gasteiger partial charge in [0.1, 0.15) is 17.9 Å². The molecule has 0 saturated heterocycles. The summed E-state index contributed by atoms with van der Waals surface area (Å²) in [5.41, 5.74) is 3.85. The maximum absolute atomic E-state index is 5.62. The number of nitrogens with two attached hydrogens (primary N) is 1. The Kier molecular flexibility index (Phi) is 4.14. The lowest BCUT2D eigenvalue weighted by atomic mass is 10.0. The van der Waals surface area contributed by atoms with Crippen molar-refractivity contribution in [3.63, 3.8) is 0 Å². The molecule has 1 aliphatic heterocycles. The number of ether oxygens (including phenoxy) is 2. The SMILES string of the molecule is COC(c1ccccc1)C(NN)C1=CCCO1. The molecule has 17 heavy (non-hydrogen) atoms. The Balaban J connectivity index is 2.21. The van der Waals surface area contributed by atoms with Gasteiger partial charge in [-0.2, -0.15) is 0 Å². The number of hydrazine groups is 1. The average molecular weight is 234 g/mol. The lowest BCUT2D eigenvalue weighted by molar-refractivity contribution is 0.0577. The molecule has 0 spiro atoms. The first-order chi connectivity index (χ1) is 8.36. The minimum absolute atomic E-state index is 0.148. The van der Waals surface area contributed by atoms with Gasteiger partial charge in [0.2, 0.25) is 0 Å². The zero-order valence-corrected chi connectivity index (χ0v) is 9.93. The monoisotopic (exact) mass is 234 g/mol. The third-order valence-corrected chi connectivity index (χ3v) is 2.90. The van der Waals surface area contributed by atoms with Crippen molar-refractivity contribution in [2.45, 2.75) is 18.6 Å². The molecule has 2 rings (SSSR count). The Morgan fingerprint density at radius 3 is 2.65 bits per heavy atom. The van der Waals surface area contributed by atoms with Crippen LogP contribution in [0.1, 0.15) is 18.1 Å². The molecule has 2 atom stereocenters. The third-order valence-electron chi connectivity index (χ3n) is 2.90. The number of hydrogen-bond acceptors (Lipinski definition) is 4. The van der Waals surface area contributed by atoms with Crippen LogP contribution in [0.2, 0.25) is 0 Å². The molecule has 1 aromatic carbocycles. The third kappa shape index (κ3) is 2.66. The van der Waals surface area contributed by atoms with E-state index in [1.807, 2.05) is 30.3 Å². The molecule has 1 heterocycles. The predicted molar refractivity (Wildman–Crippen MR) is 66.0 cm³/mol. The van der Waals surface area contributed by atoms with Crippen LogP contribution in [0.3, 0.4) is 0 Å². The standard InChI is InChI=1S/C13H18N2O2/c1-16-13(10-6-3-2-4-7-10)12(15-14)11-8-5-9-17-11/h2-4,6-8,12-13,15H,5,9,14H2,1H3. The Labute approximate surface area is 101 Å². The van der Waals surface area contributed by atoms with Crippen LogP contribution < -0.4 is 11.3 Å². The Bertz CT molecular complexity index is 378. The summed E-state index contributed by atoms with van der Waals surface area (Å²) in [6, 6.07) is 9.84. The van der Waals surface area contributed by atoms with E-state index in [4.69, 9.17) is 15.3 Å². The molecule has 3 N–H and O–H groups in total. The topological polar surface area (TPSA) is 56.5 Å². The summed E-state index contributed by atoms with van der Waals surface area (Å²) in [5.74, 6) is 6.48. The van der Waals surface area contributed by atoms with E-state index in [-0.39, 0.29) is 12.1 Å². The smallest absolute Gasteiger partial charge is 0.113 e. The van der Waals surface area contributed by atoms with Crippen LogP contribution in [0.5, 0.6) is 0 Å². The van der Waals surface area contributed by atoms with Crippen LogP contribution in [-0.4, -0.2) is 19.8 Å². The first-order valence-corrected chi connectivity index (χ1v) is 5.73. The van der Waals surface area contributed by atoms with E-state index < -0.39 is 0 Å². The molecule has 1 aliphatic rings. The molecule has 0 saturated carbocycles. The van der Waals surface area contributed by atoms with Crippen molar-refractivity contribution in [3.05, 3.63) is 47.7 Å². The van der Waals surface area contributed by atoms with Crippen LogP contribution in [0.15, 0.2) is 42.2 Å². The molecule has 2 unspecified atom stereocenters. The molecule has 0 fully saturated rings. The second kappa shape index (κ2) is 5.82. The van der Waals surface area contributed by atoms with Crippen molar-refractivity contribution >= 4 is 0 Å². The van der Waals surface area contributed by atoms with Gasteiger partial charge < -0.3 is 9.47 Å². The van der Waals surface area contributed by atoms with Crippen LogP contribution >= 0.6 is 0 Å². The van der Waals surface area contributed by atoms with Gasteiger partial charge in [-0.05, 0) is 11.6 Å². The summed E-state index contributed by atoms with van der Waals surface area (Å²) in [6.45, 7) is 0.721. The van der Waals surface area contributed by atoms with Crippen molar-refractivity contribution in [2.24, 2.45) is 5.84 Å². The Hall–Kier alpha value is -1.36. The van der Waals surface area contributed by atoms with Crippen molar-refractivity contribution in [1.29, 1.82) is 0 Å². The minimum Gasteiger partial charge on any atom is -0.496 e. The molecular formula is C13H18N2O2. The summed E-state index contributed by atoms with van der Waals surface area (Å²) < 4.78 is 11.1. The number of benzene rings is 1. The lowest BCUT2D eigenvalue weighted by Gasteiger charge is -2.26. The molecule has 1 aromatic rings. The fourth-order valence-corrected chi connectivity index (χ4v) is 2.08. The van der Waals surface area contributed by atoms with Gasteiger partial charge in [0.25, 0.3) is 0 Å². The average Bonchev–Trinajstić information content (AvgIpc) is 2.90. The number of rotatable bonds is 5. The molecule has 0 amide bonds. The van der Waals surface area contributed by atoms with Gasteiger partial charge in [0.15, 0.2) is 0 Å². The maximum atomic E-state index is 5.62. The van der Waals surface area contributed by atoms with Crippen LogP contribution in [0.4, 0.5) is 0 Å². The van der Waals surface area contributed by atoms with Crippen molar-refractivity contribution in [3.8, 4) is 0 Å². The predicted octanol–water partition coefficient (Wildman–Crippen LogP) is 1.51. The van der Waals surface area contributed by atoms with E-state index in [1.54, 1.807) is 7.11 Å².